The van der Waals surface area contributed by atoms with Crippen molar-refractivity contribution in [3.8, 4) is 11.5 Å². The Labute approximate surface area is 158 Å². The van der Waals surface area contributed by atoms with E-state index in [0.29, 0.717) is 24.6 Å². The number of carboxylic acid groups (broad SMARTS) is 1. The number of carbonyl (C=O) groups excluding carboxylic acids is 1. The Bertz CT molecular complexity index is 818. The van der Waals surface area contributed by atoms with E-state index >= 15 is 0 Å². The summed E-state index contributed by atoms with van der Waals surface area (Å²) < 4.78 is 10.6. The topological polar surface area (TPSA) is 88.1 Å². The monoisotopic (exact) mass is 372 g/mol. The van der Waals surface area contributed by atoms with Crippen molar-refractivity contribution in [1.29, 1.82) is 0 Å². The number of carboxylic acids is 1. The summed E-state index contributed by atoms with van der Waals surface area (Å²) in [4.78, 5) is 24.8. The first-order valence-corrected chi connectivity index (χ1v) is 8.38. The predicted molar refractivity (Wildman–Crippen MR) is 101 cm³/mol. The summed E-state index contributed by atoms with van der Waals surface area (Å²) in [5, 5.41) is 11.7. The van der Waals surface area contributed by atoms with Crippen LogP contribution in [0.1, 0.15) is 27.0 Å². The lowest BCUT2D eigenvalue weighted by atomic mass is 10.1. The van der Waals surface area contributed by atoms with Crippen LogP contribution in [0.4, 0.5) is 4.79 Å². The van der Waals surface area contributed by atoms with Crippen molar-refractivity contribution >= 4 is 12.0 Å². The van der Waals surface area contributed by atoms with Gasteiger partial charge in [0.25, 0.3) is 0 Å². The van der Waals surface area contributed by atoms with Gasteiger partial charge in [-0.3, -0.25) is 0 Å². The number of hydrogen-bond donors (Lipinski definition) is 2. The molecule has 0 atom stereocenters. The predicted octanol–water partition coefficient (Wildman–Crippen LogP) is 3.05. The number of rotatable bonds is 7. The van der Waals surface area contributed by atoms with E-state index in [1.807, 2.05) is 19.1 Å². The summed E-state index contributed by atoms with van der Waals surface area (Å²) in [6.07, 6.45) is 0. The summed E-state index contributed by atoms with van der Waals surface area (Å²) >= 11 is 0. The number of nitrogens with zero attached hydrogens (tertiary/aromatic N) is 1. The van der Waals surface area contributed by atoms with Crippen LogP contribution in [0.25, 0.3) is 0 Å². The van der Waals surface area contributed by atoms with Gasteiger partial charge in [-0.1, -0.05) is 12.1 Å². The van der Waals surface area contributed by atoms with Gasteiger partial charge in [0.05, 0.1) is 19.8 Å². The molecule has 144 valence electrons. The Morgan fingerprint density at radius 3 is 2.22 bits per heavy atom. The van der Waals surface area contributed by atoms with Crippen LogP contribution in [0.5, 0.6) is 11.5 Å². The first-order chi connectivity index (χ1) is 12.8. The fourth-order valence-electron chi connectivity index (χ4n) is 2.60. The Morgan fingerprint density at radius 1 is 1.07 bits per heavy atom. The summed E-state index contributed by atoms with van der Waals surface area (Å²) in [6, 6.07) is 9.91. The molecule has 0 fully saturated rings. The second-order valence-corrected chi connectivity index (χ2v) is 6.15. The molecule has 2 aromatic rings. The zero-order chi connectivity index (χ0) is 20.0. The highest BCUT2D eigenvalue weighted by atomic mass is 16.5. The number of aromatic carboxylic acids is 1. The number of aryl methyl sites for hydroxylation is 1. The zero-order valence-corrected chi connectivity index (χ0v) is 15.9. The van der Waals surface area contributed by atoms with Crippen LogP contribution >= 0.6 is 0 Å². The van der Waals surface area contributed by atoms with E-state index in [9.17, 15) is 9.59 Å². The van der Waals surface area contributed by atoms with Gasteiger partial charge in [-0.15, -0.1) is 0 Å². The van der Waals surface area contributed by atoms with Crippen LogP contribution in [0.2, 0.25) is 0 Å². The Balaban J connectivity index is 1.98. The molecular weight excluding hydrogens is 348 g/mol. The summed E-state index contributed by atoms with van der Waals surface area (Å²) in [5.74, 6) is 0.289. The standard InChI is InChI=1S/C20H24N2O5/c1-13-9-17(26-3)18(27-4)10-16(13)12-22(2)20(25)21-11-14-5-7-15(8-6-14)19(23)24/h5-10H,11-12H2,1-4H3,(H,21,25)(H,23,24). The van der Waals surface area contributed by atoms with E-state index in [2.05, 4.69) is 5.32 Å². The molecule has 7 nitrogen and oxygen atoms in total. The number of carbonyl (C=O) groups is 2. The average molecular weight is 372 g/mol. The van der Waals surface area contributed by atoms with Gasteiger partial charge < -0.3 is 24.8 Å². The van der Waals surface area contributed by atoms with Gasteiger partial charge >= 0.3 is 12.0 Å². The third kappa shape index (κ3) is 5.13. The highest BCUT2D eigenvalue weighted by molar-refractivity contribution is 5.87. The fraction of sp³-hybridized carbons (Fsp3) is 0.300. The smallest absolute Gasteiger partial charge is 0.335 e. The zero-order valence-electron chi connectivity index (χ0n) is 15.9. The van der Waals surface area contributed by atoms with E-state index in [1.165, 1.54) is 12.1 Å². The highest BCUT2D eigenvalue weighted by Crippen LogP contribution is 2.30. The molecular formula is C20H24N2O5. The van der Waals surface area contributed by atoms with Gasteiger partial charge in [0, 0.05) is 20.1 Å². The largest absolute Gasteiger partial charge is 0.493 e. The third-order valence-corrected chi connectivity index (χ3v) is 4.24. The number of ether oxygens (including phenoxy) is 2. The molecule has 0 aliphatic carbocycles. The van der Waals surface area contributed by atoms with E-state index in [-0.39, 0.29) is 11.6 Å². The van der Waals surface area contributed by atoms with Gasteiger partial charge in [0.1, 0.15) is 0 Å². The van der Waals surface area contributed by atoms with Gasteiger partial charge in [0.2, 0.25) is 0 Å². The maximum atomic E-state index is 12.3. The first-order valence-electron chi connectivity index (χ1n) is 8.38. The maximum Gasteiger partial charge on any atom is 0.335 e. The summed E-state index contributed by atoms with van der Waals surface area (Å²) in [6.45, 7) is 2.68. The molecule has 2 N–H and O–H groups in total. The van der Waals surface area contributed by atoms with Crippen LogP contribution in [-0.2, 0) is 13.1 Å². The van der Waals surface area contributed by atoms with Crippen molar-refractivity contribution in [3.05, 3.63) is 58.7 Å². The minimum atomic E-state index is -0.976. The van der Waals surface area contributed by atoms with Crippen LogP contribution < -0.4 is 14.8 Å². The molecule has 27 heavy (non-hydrogen) atoms. The Morgan fingerprint density at radius 2 is 1.67 bits per heavy atom. The van der Waals surface area contributed by atoms with Crippen molar-refractivity contribution in [3.63, 3.8) is 0 Å². The van der Waals surface area contributed by atoms with Gasteiger partial charge in [-0.05, 0) is 47.9 Å². The van der Waals surface area contributed by atoms with Crippen LogP contribution in [0, 0.1) is 6.92 Å². The molecule has 0 spiro atoms. The molecule has 0 saturated carbocycles. The SMILES string of the molecule is COc1cc(C)c(CN(C)C(=O)NCc2ccc(C(=O)O)cc2)cc1OC. The fourth-order valence-corrected chi connectivity index (χ4v) is 2.60. The quantitative estimate of drug-likeness (QED) is 0.780. The number of nitrogens with one attached hydrogen (secondary N) is 1. The maximum absolute atomic E-state index is 12.3. The van der Waals surface area contributed by atoms with E-state index in [4.69, 9.17) is 14.6 Å². The molecule has 2 aromatic carbocycles. The molecule has 0 aliphatic rings. The van der Waals surface area contributed by atoms with Crippen LogP contribution in [0.3, 0.4) is 0 Å². The van der Waals surface area contributed by atoms with Gasteiger partial charge in [-0.2, -0.15) is 0 Å². The van der Waals surface area contributed by atoms with Crippen molar-refractivity contribution in [2.75, 3.05) is 21.3 Å². The number of amides is 2. The lowest BCUT2D eigenvalue weighted by Gasteiger charge is -2.20. The summed E-state index contributed by atoms with van der Waals surface area (Å²) in [7, 11) is 4.86. The van der Waals surface area contributed by atoms with Crippen molar-refractivity contribution in [2.45, 2.75) is 20.0 Å². The molecule has 0 unspecified atom stereocenters. The van der Waals surface area contributed by atoms with Crippen molar-refractivity contribution in [1.82, 2.24) is 10.2 Å². The molecule has 0 radical (unpaired) electrons. The molecule has 0 saturated heterocycles. The minimum Gasteiger partial charge on any atom is -0.493 e. The number of hydrogen-bond acceptors (Lipinski definition) is 4. The van der Waals surface area contributed by atoms with Gasteiger partial charge in [0.15, 0.2) is 11.5 Å². The van der Waals surface area contributed by atoms with Gasteiger partial charge in [-0.25, -0.2) is 9.59 Å². The highest BCUT2D eigenvalue weighted by Gasteiger charge is 2.14. The van der Waals surface area contributed by atoms with E-state index in [1.54, 1.807) is 38.3 Å². The Kier molecular flexibility index (Phi) is 6.65. The molecule has 0 bridgehead atoms. The number of methoxy groups -OCH3 is 2. The summed E-state index contributed by atoms with van der Waals surface area (Å²) in [5.41, 5.74) is 2.99. The number of benzene rings is 2. The molecule has 2 rings (SSSR count). The van der Waals surface area contributed by atoms with E-state index < -0.39 is 5.97 Å². The van der Waals surface area contributed by atoms with E-state index in [0.717, 1.165) is 16.7 Å². The third-order valence-electron chi connectivity index (χ3n) is 4.24. The van der Waals surface area contributed by atoms with Crippen LogP contribution in [-0.4, -0.2) is 43.3 Å². The normalized spacial score (nSPS) is 10.2. The van der Waals surface area contributed by atoms with Crippen LogP contribution in [0.15, 0.2) is 36.4 Å². The lowest BCUT2D eigenvalue weighted by molar-refractivity contribution is 0.0697. The first kappa shape index (κ1) is 20.1. The van der Waals surface area contributed by atoms with Crippen molar-refractivity contribution < 1.29 is 24.2 Å². The molecule has 0 heterocycles. The molecule has 0 aliphatic heterocycles. The Hall–Kier alpha value is -3.22. The second kappa shape index (κ2) is 8.93. The average Bonchev–Trinajstić information content (AvgIpc) is 2.67. The molecule has 0 aromatic heterocycles. The molecule has 7 heteroatoms. The van der Waals surface area contributed by atoms with Crippen molar-refractivity contribution in [2.24, 2.45) is 0 Å². The minimum absolute atomic E-state index is 0.214. The lowest BCUT2D eigenvalue weighted by Crippen LogP contribution is -2.36. The molecule has 2 amide bonds. The second-order valence-electron chi connectivity index (χ2n) is 6.15. The number of urea groups is 1.